The van der Waals surface area contributed by atoms with Gasteiger partial charge in [0, 0.05) is 36.6 Å². The van der Waals surface area contributed by atoms with E-state index in [1.54, 1.807) is 4.90 Å². The van der Waals surface area contributed by atoms with Crippen molar-refractivity contribution in [1.29, 1.82) is 0 Å². The Morgan fingerprint density at radius 3 is 2.28 bits per heavy atom. The van der Waals surface area contributed by atoms with E-state index >= 15 is 0 Å². The molecule has 2 atom stereocenters. The monoisotopic (exact) mass is 408 g/mol. The number of carbonyl (C=O) groups excluding carboxylic acids is 2. The third kappa shape index (κ3) is 4.35. The summed E-state index contributed by atoms with van der Waals surface area (Å²) in [6.45, 7) is 7.81. The molecule has 2 aliphatic rings. The highest BCUT2D eigenvalue weighted by Crippen LogP contribution is 2.50. The molecule has 0 unspecified atom stereocenters. The summed E-state index contributed by atoms with van der Waals surface area (Å²) in [5.41, 5.74) is 0.724. The van der Waals surface area contributed by atoms with Crippen LogP contribution in [0.25, 0.3) is 0 Å². The first-order valence-electron chi connectivity index (χ1n) is 8.77. The first-order chi connectivity index (χ1) is 11.8. The zero-order valence-electron chi connectivity index (χ0n) is 15.0. The molecule has 0 radical (unpaired) electrons. The SMILES string of the molecule is CC(C)(C)OC(=O)N1CCN(C(=O)[C@@H]2C[C@@H]2c2ccccc2Br)CC1. The number of hydrogen-bond donors (Lipinski definition) is 0. The van der Waals surface area contributed by atoms with E-state index in [-0.39, 0.29) is 17.9 Å². The molecular formula is C19H25BrN2O3. The molecule has 5 nitrogen and oxygen atoms in total. The van der Waals surface area contributed by atoms with Gasteiger partial charge >= 0.3 is 6.09 Å². The van der Waals surface area contributed by atoms with Gasteiger partial charge in [-0.2, -0.15) is 0 Å². The summed E-state index contributed by atoms with van der Waals surface area (Å²) >= 11 is 3.57. The van der Waals surface area contributed by atoms with Gasteiger partial charge in [0.05, 0.1) is 0 Å². The number of amides is 2. The van der Waals surface area contributed by atoms with E-state index in [1.807, 2.05) is 43.9 Å². The molecule has 136 valence electrons. The molecule has 1 aromatic carbocycles. The molecule has 1 aliphatic carbocycles. The molecule has 1 heterocycles. The molecule has 1 saturated heterocycles. The van der Waals surface area contributed by atoms with E-state index in [2.05, 4.69) is 22.0 Å². The van der Waals surface area contributed by atoms with Crippen LogP contribution in [-0.4, -0.2) is 53.6 Å². The summed E-state index contributed by atoms with van der Waals surface area (Å²) in [6.07, 6.45) is 0.616. The molecule has 2 amide bonds. The van der Waals surface area contributed by atoms with Gasteiger partial charge in [-0.25, -0.2) is 4.79 Å². The average molecular weight is 409 g/mol. The number of carbonyl (C=O) groups is 2. The number of halogens is 1. The van der Waals surface area contributed by atoms with E-state index in [1.165, 1.54) is 5.56 Å². The zero-order valence-corrected chi connectivity index (χ0v) is 16.6. The highest BCUT2D eigenvalue weighted by atomic mass is 79.9. The van der Waals surface area contributed by atoms with Crippen molar-refractivity contribution in [3.05, 3.63) is 34.3 Å². The minimum Gasteiger partial charge on any atom is -0.444 e. The van der Waals surface area contributed by atoms with Crippen LogP contribution in [0.3, 0.4) is 0 Å². The second-order valence-electron chi connectivity index (χ2n) is 7.76. The quantitative estimate of drug-likeness (QED) is 0.750. The van der Waals surface area contributed by atoms with Gasteiger partial charge < -0.3 is 14.5 Å². The van der Waals surface area contributed by atoms with Gasteiger partial charge in [-0.3, -0.25) is 4.79 Å². The van der Waals surface area contributed by atoms with Crippen LogP contribution < -0.4 is 0 Å². The van der Waals surface area contributed by atoms with Crippen LogP contribution >= 0.6 is 15.9 Å². The Balaban J connectivity index is 1.52. The largest absolute Gasteiger partial charge is 0.444 e. The Morgan fingerprint density at radius 1 is 1.08 bits per heavy atom. The Kier molecular flexibility index (Phi) is 5.09. The van der Waals surface area contributed by atoms with Crippen LogP contribution in [0, 0.1) is 5.92 Å². The van der Waals surface area contributed by atoms with E-state index in [9.17, 15) is 9.59 Å². The molecule has 1 aliphatic heterocycles. The van der Waals surface area contributed by atoms with Gasteiger partial charge in [-0.1, -0.05) is 34.1 Å². The standard InChI is InChI=1S/C19H25BrN2O3/c1-19(2,3)25-18(24)22-10-8-21(9-11-22)17(23)15-12-14(15)13-6-4-5-7-16(13)20/h4-7,14-15H,8-12H2,1-3H3/t14-,15-/m1/s1. The molecule has 0 N–H and O–H groups in total. The fourth-order valence-electron chi connectivity index (χ4n) is 3.26. The van der Waals surface area contributed by atoms with Crippen molar-refractivity contribution >= 4 is 27.9 Å². The van der Waals surface area contributed by atoms with Gasteiger partial charge in [0.1, 0.15) is 5.60 Å². The highest BCUT2D eigenvalue weighted by Gasteiger charge is 2.46. The van der Waals surface area contributed by atoms with Crippen molar-refractivity contribution in [1.82, 2.24) is 9.80 Å². The van der Waals surface area contributed by atoms with Crippen molar-refractivity contribution in [2.24, 2.45) is 5.92 Å². The van der Waals surface area contributed by atoms with Crippen LogP contribution in [0.5, 0.6) is 0 Å². The van der Waals surface area contributed by atoms with Gasteiger partial charge in [0.15, 0.2) is 0 Å². The molecule has 3 rings (SSSR count). The second-order valence-corrected chi connectivity index (χ2v) is 8.62. The Hall–Kier alpha value is -1.56. The third-order valence-corrected chi connectivity index (χ3v) is 5.38. The number of nitrogens with zero attached hydrogens (tertiary/aromatic N) is 2. The number of benzene rings is 1. The summed E-state index contributed by atoms with van der Waals surface area (Å²) in [4.78, 5) is 28.4. The minimum absolute atomic E-state index is 0.0757. The van der Waals surface area contributed by atoms with Gasteiger partial charge in [-0.05, 0) is 44.7 Å². The Bertz CT molecular complexity index is 663. The van der Waals surface area contributed by atoms with Crippen LogP contribution in [0.1, 0.15) is 38.7 Å². The van der Waals surface area contributed by atoms with Crippen LogP contribution in [-0.2, 0) is 9.53 Å². The first-order valence-corrected chi connectivity index (χ1v) is 9.57. The smallest absolute Gasteiger partial charge is 0.410 e. The minimum atomic E-state index is -0.492. The van der Waals surface area contributed by atoms with Crippen molar-refractivity contribution in [2.45, 2.75) is 38.7 Å². The molecule has 1 aromatic rings. The number of rotatable bonds is 2. The number of ether oxygens (including phenoxy) is 1. The summed E-state index contributed by atoms with van der Waals surface area (Å²) < 4.78 is 6.47. The van der Waals surface area contributed by atoms with E-state index < -0.39 is 5.60 Å². The number of piperazine rings is 1. The van der Waals surface area contributed by atoms with E-state index in [0.717, 1.165) is 10.9 Å². The Morgan fingerprint density at radius 2 is 1.68 bits per heavy atom. The third-order valence-electron chi connectivity index (χ3n) is 4.66. The van der Waals surface area contributed by atoms with E-state index in [0.29, 0.717) is 32.1 Å². The lowest BCUT2D eigenvalue weighted by Crippen LogP contribution is -2.52. The lowest BCUT2D eigenvalue weighted by atomic mass is 10.1. The van der Waals surface area contributed by atoms with E-state index in [4.69, 9.17) is 4.74 Å². The fourth-order valence-corrected chi connectivity index (χ4v) is 3.84. The zero-order chi connectivity index (χ0) is 18.2. The van der Waals surface area contributed by atoms with Gasteiger partial charge in [-0.15, -0.1) is 0 Å². The maximum Gasteiger partial charge on any atom is 0.410 e. The molecule has 0 aromatic heterocycles. The first kappa shape index (κ1) is 18.2. The predicted molar refractivity (Wildman–Crippen MR) is 99.4 cm³/mol. The average Bonchev–Trinajstić information content (AvgIpc) is 3.33. The van der Waals surface area contributed by atoms with Crippen molar-refractivity contribution in [3.63, 3.8) is 0 Å². The van der Waals surface area contributed by atoms with Crippen LogP contribution in [0.2, 0.25) is 0 Å². The summed E-state index contributed by atoms with van der Waals surface area (Å²) in [5, 5.41) is 0. The second kappa shape index (κ2) is 6.98. The van der Waals surface area contributed by atoms with Gasteiger partial charge in [0.2, 0.25) is 5.91 Å². The molecular weight excluding hydrogens is 384 g/mol. The summed E-state index contributed by atoms with van der Waals surface area (Å²) in [7, 11) is 0. The fraction of sp³-hybridized carbons (Fsp3) is 0.579. The molecule has 1 saturated carbocycles. The molecule has 25 heavy (non-hydrogen) atoms. The van der Waals surface area contributed by atoms with Crippen molar-refractivity contribution in [2.75, 3.05) is 26.2 Å². The van der Waals surface area contributed by atoms with Crippen molar-refractivity contribution in [3.8, 4) is 0 Å². The summed E-state index contributed by atoms with van der Waals surface area (Å²) in [6, 6.07) is 8.11. The van der Waals surface area contributed by atoms with Crippen LogP contribution in [0.15, 0.2) is 28.7 Å². The molecule has 0 bridgehead atoms. The predicted octanol–water partition coefficient (Wildman–Crippen LogP) is 3.63. The lowest BCUT2D eigenvalue weighted by molar-refractivity contribution is -0.134. The highest BCUT2D eigenvalue weighted by molar-refractivity contribution is 9.10. The Labute approximate surface area is 157 Å². The lowest BCUT2D eigenvalue weighted by Gasteiger charge is -2.35. The molecule has 6 heteroatoms. The number of hydrogen-bond acceptors (Lipinski definition) is 3. The van der Waals surface area contributed by atoms with Crippen molar-refractivity contribution < 1.29 is 14.3 Å². The summed E-state index contributed by atoms with van der Waals surface area (Å²) in [5.74, 6) is 0.600. The topological polar surface area (TPSA) is 49.9 Å². The normalized spacial score (nSPS) is 23.4. The maximum absolute atomic E-state index is 12.7. The molecule has 2 fully saturated rings. The maximum atomic E-state index is 12.7. The van der Waals surface area contributed by atoms with Crippen LogP contribution in [0.4, 0.5) is 4.79 Å². The molecule has 0 spiro atoms. The van der Waals surface area contributed by atoms with Gasteiger partial charge in [0.25, 0.3) is 0 Å².